The maximum Gasteiger partial charge on any atom is 0.268 e. The third kappa shape index (κ3) is 4.50. The Morgan fingerprint density at radius 2 is 1.78 bits per heavy atom. The molecule has 2 aromatic carbocycles. The summed E-state index contributed by atoms with van der Waals surface area (Å²) in [7, 11) is 1.62. The number of aryl methyl sites for hydroxylation is 2. The van der Waals surface area contributed by atoms with E-state index >= 15 is 0 Å². The van der Waals surface area contributed by atoms with Crippen LogP contribution >= 0.6 is 11.8 Å². The van der Waals surface area contributed by atoms with Crippen LogP contribution in [0.2, 0.25) is 0 Å². The Balaban J connectivity index is 1.60. The lowest BCUT2D eigenvalue weighted by atomic mass is 9.99. The van der Waals surface area contributed by atoms with E-state index in [2.05, 4.69) is 0 Å². The number of carbonyl (C=O) groups is 2. The minimum absolute atomic E-state index is 0.239. The van der Waals surface area contributed by atoms with Gasteiger partial charge in [-0.05, 0) is 61.2 Å². The molecule has 0 saturated carbocycles. The largest absolute Gasteiger partial charge is 0.497 e. The summed E-state index contributed by atoms with van der Waals surface area (Å²) in [5.74, 6) is 1.55. The summed E-state index contributed by atoms with van der Waals surface area (Å²) in [5.41, 5.74) is 4.43. The second-order valence-electron chi connectivity index (χ2n) is 7.75. The number of furan rings is 1. The van der Waals surface area contributed by atoms with E-state index in [1.165, 1.54) is 16.7 Å². The number of imide groups is 1. The first-order valence-electron chi connectivity index (χ1n) is 10.4. The van der Waals surface area contributed by atoms with Gasteiger partial charge in [-0.15, -0.1) is 11.8 Å². The summed E-state index contributed by atoms with van der Waals surface area (Å²) in [5, 5.41) is 0. The van der Waals surface area contributed by atoms with Crippen LogP contribution in [0.5, 0.6) is 5.75 Å². The standard InChI is InChI=1S/C26H25NO4S/c1-17-6-11-22(18(2)15-17)23-24(32-16-21-5-4-14-31-21)26(29)27(25(23)28)13-12-19-7-9-20(30-3)10-8-19/h4-11,14-15H,12-13,16H2,1-3H3. The molecule has 2 heterocycles. The van der Waals surface area contributed by atoms with Crippen LogP contribution in [-0.2, 0) is 21.8 Å². The van der Waals surface area contributed by atoms with Gasteiger partial charge in [0, 0.05) is 6.54 Å². The van der Waals surface area contributed by atoms with Crippen molar-refractivity contribution in [3.05, 3.63) is 93.8 Å². The molecule has 0 saturated heterocycles. The fourth-order valence-electron chi connectivity index (χ4n) is 3.79. The Kier molecular flexibility index (Phi) is 6.51. The van der Waals surface area contributed by atoms with Crippen molar-refractivity contribution in [2.24, 2.45) is 0 Å². The quantitative estimate of drug-likeness (QED) is 0.447. The highest BCUT2D eigenvalue weighted by atomic mass is 32.2. The van der Waals surface area contributed by atoms with Gasteiger partial charge in [0.15, 0.2) is 0 Å². The van der Waals surface area contributed by atoms with Crippen LogP contribution in [0, 0.1) is 13.8 Å². The highest BCUT2D eigenvalue weighted by Gasteiger charge is 2.39. The van der Waals surface area contributed by atoms with Crippen molar-refractivity contribution >= 4 is 29.1 Å². The van der Waals surface area contributed by atoms with Gasteiger partial charge < -0.3 is 9.15 Å². The molecule has 164 valence electrons. The van der Waals surface area contributed by atoms with E-state index in [0.29, 0.717) is 29.2 Å². The first-order chi connectivity index (χ1) is 15.5. The minimum atomic E-state index is -0.241. The molecule has 4 rings (SSSR count). The zero-order chi connectivity index (χ0) is 22.7. The summed E-state index contributed by atoms with van der Waals surface area (Å²) < 4.78 is 10.6. The second-order valence-corrected chi connectivity index (χ2v) is 8.74. The SMILES string of the molecule is COc1ccc(CCN2C(=O)C(SCc3ccco3)=C(c3ccc(C)cc3C)C2=O)cc1. The molecule has 0 bridgehead atoms. The minimum Gasteiger partial charge on any atom is -0.497 e. The van der Waals surface area contributed by atoms with Crippen molar-refractivity contribution in [3.63, 3.8) is 0 Å². The average molecular weight is 448 g/mol. The number of hydrogen-bond donors (Lipinski definition) is 0. The van der Waals surface area contributed by atoms with E-state index in [4.69, 9.17) is 9.15 Å². The molecule has 0 fully saturated rings. The number of nitrogens with zero attached hydrogens (tertiary/aromatic N) is 1. The molecule has 1 aromatic heterocycles. The highest BCUT2D eigenvalue weighted by Crippen LogP contribution is 2.38. The van der Waals surface area contributed by atoms with Crippen LogP contribution in [0.15, 0.2) is 70.2 Å². The smallest absolute Gasteiger partial charge is 0.268 e. The molecule has 0 radical (unpaired) electrons. The number of hydrogen-bond acceptors (Lipinski definition) is 5. The lowest BCUT2D eigenvalue weighted by Gasteiger charge is -2.15. The number of thioether (sulfide) groups is 1. The molecule has 2 amide bonds. The summed E-state index contributed by atoms with van der Waals surface area (Å²) in [6.45, 7) is 4.31. The van der Waals surface area contributed by atoms with Gasteiger partial charge in [0.2, 0.25) is 0 Å². The van der Waals surface area contributed by atoms with Crippen LogP contribution < -0.4 is 4.74 Å². The fraction of sp³-hybridized carbons (Fsp3) is 0.231. The number of amides is 2. The zero-order valence-electron chi connectivity index (χ0n) is 18.4. The molecule has 32 heavy (non-hydrogen) atoms. The number of benzene rings is 2. The predicted octanol–water partition coefficient (Wildman–Crippen LogP) is 5.16. The van der Waals surface area contributed by atoms with E-state index in [1.54, 1.807) is 13.4 Å². The van der Waals surface area contributed by atoms with Crippen LogP contribution in [0.1, 0.15) is 28.0 Å². The third-order valence-electron chi connectivity index (χ3n) is 5.50. The van der Waals surface area contributed by atoms with Crippen molar-refractivity contribution in [2.75, 3.05) is 13.7 Å². The molecule has 1 aliphatic rings. The summed E-state index contributed by atoms with van der Waals surface area (Å²) in [6.07, 6.45) is 2.19. The molecule has 1 aliphatic heterocycles. The van der Waals surface area contributed by atoms with Gasteiger partial charge >= 0.3 is 0 Å². The van der Waals surface area contributed by atoms with Crippen molar-refractivity contribution in [3.8, 4) is 5.75 Å². The van der Waals surface area contributed by atoms with Gasteiger partial charge in [-0.25, -0.2) is 0 Å². The number of ether oxygens (including phenoxy) is 1. The van der Waals surface area contributed by atoms with Crippen molar-refractivity contribution < 1.29 is 18.7 Å². The van der Waals surface area contributed by atoms with Gasteiger partial charge in [0.05, 0.1) is 29.6 Å². The predicted molar refractivity (Wildman–Crippen MR) is 126 cm³/mol. The maximum atomic E-state index is 13.4. The van der Waals surface area contributed by atoms with E-state index in [-0.39, 0.29) is 11.8 Å². The normalized spacial score (nSPS) is 13.9. The summed E-state index contributed by atoms with van der Waals surface area (Å²) in [6, 6.07) is 17.3. The van der Waals surface area contributed by atoms with Crippen molar-refractivity contribution in [2.45, 2.75) is 26.0 Å². The molecule has 0 aliphatic carbocycles. The third-order valence-corrected chi connectivity index (χ3v) is 6.60. The molecule has 0 atom stereocenters. The first-order valence-corrected chi connectivity index (χ1v) is 11.4. The van der Waals surface area contributed by atoms with Gasteiger partial charge in [-0.2, -0.15) is 0 Å². The van der Waals surface area contributed by atoms with Gasteiger partial charge in [0.25, 0.3) is 11.8 Å². The molecular formula is C26H25NO4S. The van der Waals surface area contributed by atoms with E-state index in [1.807, 2.05) is 68.4 Å². The van der Waals surface area contributed by atoms with Crippen LogP contribution in [0.25, 0.3) is 5.57 Å². The summed E-state index contributed by atoms with van der Waals surface area (Å²) >= 11 is 1.36. The Hall–Kier alpha value is -3.25. The molecule has 3 aromatic rings. The van der Waals surface area contributed by atoms with Crippen LogP contribution in [-0.4, -0.2) is 30.4 Å². The van der Waals surface area contributed by atoms with Crippen LogP contribution in [0.3, 0.4) is 0 Å². The molecule has 0 N–H and O–H groups in total. The molecule has 0 unspecified atom stereocenters. The van der Waals surface area contributed by atoms with Crippen LogP contribution in [0.4, 0.5) is 0 Å². The second kappa shape index (κ2) is 9.49. The monoisotopic (exact) mass is 447 g/mol. The van der Waals surface area contributed by atoms with E-state index < -0.39 is 0 Å². The Morgan fingerprint density at radius 1 is 1.00 bits per heavy atom. The highest BCUT2D eigenvalue weighted by molar-refractivity contribution is 8.03. The van der Waals surface area contributed by atoms with Gasteiger partial charge in [0.1, 0.15) is 11.5 Å². The molecule has 5 nitrogen and oxygen atoms in total. The lowest BCUT2D eigenvalue weighted by molar-refractivity contribution is -0.136. The Bertz CT molecular complexity index is 1160. The zero-order valence-corrected chi connectivity index (χ0v) is 19.2. The summed E-state index contributed by atoms with van der Waals surface area (Å²) in [4.78, 5) is 28.6. The van der Waals surface area contributed by atoms with Crippen molar-refractivity contribution in [1.82, 2.24) is 4.90 Å². The van der Waals surface area contributed by atoms with Crippen molar-refractivity contribution in [1.29, 1.82) is 0 Å². The number of carbonyl (C=O) groups excluding carboxylic acids is 2. The maximum absolute atomic E-state index is 13.4. The average Bonchev–Trinajstić information content (AvgIpc) is 3.38. The topological polar surface area (TPSA) is 59.8 Å². The van der Waals surface area contributed by atoms with Gasteiger partial charge in [-0.1, -0.05) is 35.9 Å². The first kappa shape index (κ1) is 22.0. The number of methoxy groups -OCH3 is 1. The van der Waals surface area contributed by atoms with E-state index in [0.717, 1.165) is 33.8 Å². The lowest BCUT2D eigenvalue weighted by Crippen LogP contribution is -2.33. The Morgan fingerprint density at radius 3 is 2.44 bits per heavy atom. The molecule has 0 spiro atoms. The Labute approximate surface area is 192 Å². The van der Waals surface area contributed by atoms with E-state index in [9.17, 15) is 9.59 Å². The molecular weight excluding hydrogens is 422 g/mol. The van der Waals surface area contributed by atoms with Gasteiger partial charge in [-0.3, -0.25) is 14.5 Å². The molecule has 6 heteroatoms. The number of rotatable bonds is 8. The fourth-order valence-corrected chi connectivity index (χ4v) is 4.82.